The maximum absolute atomic E-state index is 12.7. The smallest absolute Gasteiger partial charge is 0.429 e. The van der Waals surface area contributed by atoms with Crippen molar-refractivity contribution in [2.45, 2.75) is 78.7 Å². The second-order valence-corrected chi connectivity index (χ2v) is 9.86. The molecule has 2 atom stereocenters. The van der Waals surface area contributed by atoms with Crippen LogP contribution < -0.4 is 5.43 Å². The van der Waals surface area contributed by atoms with Gasteiger partial charge in [-0.05, 0) is 67.5 Å². The summed E-state index contributed by atoms with van der Waals surface area (Å²) >= 11 is 0. The molecule has 9 nitrogen and oxygen atoms in total. The lowest BCUT2D eigenvalue weighted by molar-refractivity contribution is -0.00343. The summed E-state index contributed by atoms with van der Waals surface area (Å²) in [6, 6.07) is 5.38. The third-order valence-corrected chi connectivity index (χ3v) is 4.51. The van der Waals surface area contributed by atoms with Crippen molar-refractivity contribution < 1.29 is 28.7 Å². The van der Waals surface area contributed by atoms with Crippen molar-refractivity contribution in [3.63, 3.8) is 0 Å². The average Bonchev–Trinajstić information content (AvgIpc) is 2.92. The fraction of sp³-hybridized carbons (Fsp3) is 0.500. The third-order valence-electron chi connectivity index (χ3n) is 4.51. The van der Waals surface area contributed by atoms with E-state index in [4.69, 9.17) is 9.47 Å². The first-order valence-corrected chi connectivity index (χ1v) is 10.8. The number of fused-ring (bicyclic) bond motifs is 1. The van der Waals surface area contributed by atoms with E-state index in [0.29, 0.717) is 11.1 Å². The van der Waals surface area contributed by atoms with Gasteiger partial charge in [0.1, 0.15) is 11.2 Å². The fourth-order valence-corrected chi connectivity index (χ4v) is 3.10. The number of hydrogen-bond donors (Lipinski definition) is 1. The minimum Gasteiger partial charge on any atom is -0.443 e. The Bertz CT molecular complexity index is 923. The number of hydrazine groups is 1. The standard InChI is InChI=1S/C24H33N3O6/c1-15(26-19(28)17-11-9-10-12-18(17)20(26)29)13-14-16(2)27(22(31)33-24(6,7)8)25-21(30)32-23(3,4)5/h9-16H,1-8H3,(H,25,30)/b14-13-. The third kappa shape index (κ3) is 6.81. The van der Waals surface area contributed by atoms with Gasteiger partial charge in [-0.3, -0.25) is 14.5 Å². The van der Waals surface area contributed by atoms with Gasteiger partial charge >= 0.3 is 12.2 Å². The first-order chi connectivity index (χ1) is 15.1. The Labute approximate surface area is 194 Å². The number of ether oxygens (including phenoxy) is 2. The maximum Gasteiger partial charge on any atom is 0.429 e. The van der Waals surface area contributed by atoms with Gasteiger partial charge in [0, 0.05) is 0 Å². The molecule has 1 aromatic carbocycles. The Morgan fingerprint density at radius 3 is 1.85 bits per heavy atom. The Balaban J connectivity index is 2.19. The van der Waals surface area contributed by atoms with Crippen LogP contribution in [0.5, 0.6) is 0 Å². The molecule has 0 bridgehead atoms. The zero-order valence-corrected chi connectivity index (χ0v) is 20.5. The Hall–Kier alpha value is -3.36. The number of imide groups is 1. The highest BCUT2D eigenvalue weighted by atomic mass is 16.6. The summed E-state index contributed by atoms with van der Waals surface area (Å²) in [7, 11) is 0. The zero-order valence-electron chi connectivity index (χ0n) is 20.5. The van der Waals surface area contributed by atoms with Gasteiger partial charge in [0.05, 0.1) is 23.2 Å². The largest absolute Gasteiger partial charge is 0.443 e. The summed E-state index contributed by atoms with van der Waals surface area (Å²) in [6.45, 7) is 13.6. The van der Waals surface area contributed by atoms with Crippen LogP contribution in [0.25, 0.3) is 0 Å². The summed E-state index contributed by atoms with van der Waals surface area (Å²) in [5, 5.41) is 1.00. The van der Waals surface area contributed by atoms with E-state index in [9.17, 15) is 19.2 Å². The molecule has 9 heteroatoms. The van der Waals surface area contributed by atoms with Gasteiger partial charge in [0.15, 0.2) is 0 Å². The molecule has 2 unspecified atom stereocenters. The van der Waals surface area contributed by atoms with Crippen molar-refractivity contribution in [1.29, 1.82) is 0 Å². The number of amides is 4. The predicted molar refractivity (Wildman–Crippen MR) is 122 cm³/mol. The van der Waals surface area contributed by atoms with Crippen molar-refractivity contribution in [3.05, 3.63) is 47.5 Å². The molecule has 180 valence electrons. The van der Waals surface area contributed by atoms with Gasteiger partial charge in [-0.2, -0.15) is 0 Å². The Morgan fingerprint density at radius 1 is 0.909 bits per heavy atom. The Kier molecular flexibility index (Phi) is 7.57. The maximum atomic E-state index is 12.7. The predicted octanol–water partition coefficient (Wildman–Crippen LogP) is 4.29. The van der Waals surface area contributed by atoms with Gasteiger partial charge in [-0.15, -0.1) is 0 Å². The molecule has 0 saturated carbocycles. The molecule has 0 aliphatic carbocycles. The molecule has 0 fully saturated rings. The number of rotatable bonds is 4. The highest BCUT2D eigenvalue weighted by Gasteiger charge is 2.37. The van der Waals surface area contributed by atoms with Crippen LogP contribution in [0.2, 0.25) is 0 Å². The number of nitrogens with one attached hydrogen (secondary N) is 1. The molecule has 1 aliphatic rings. The quantitative estimate of drug-likeness (QED) is 0.409. The van der Waals surface area contributed by atoms with E-state index in [1.165, 1.54) is 0 Å². The van der Waals surface area contributed by atoms with Crippen molar-refractivity contribution in [3.8, 4) is 0 Å². The van der Waals surface area contributed by atoms with E-state index in [2.05, 4.69) is 5.43 Å². The van der Waals surface area contributed by atoms with E-state index in [1.807, 2.05) is 0 Å². The normalized spacial score (nSPS) is 15.8. The molecule has 1 aliphatic heterocycles. The van der Waals surface area contributed by atoms with Crippen LogP contribution in [-0.4, -0.2) is 57.2 Å². The first-order valence-electron chi connectivity index (χ1n) is 10.8. The second-order valence-electron chi connectivity index (χ2n) is 9.86. The summed E-state index contributed by atoms with van der Waals surface area (Å²) in [5.41, 5.74) is 1.59. The molecule has 0 spiro atoms. The fourth-order valence-electron chi connectivity index (χ4n) is 3.10. The topological polar surface area (TPSA) is 105 Å². The number of carbonyl (C=O) groups is 4. The molecule has 1 N–H and O–H groups in total. The summed E-state index contributed by atoms with van der Waals surface area (Å²) in [5.74, 6) is -0.757. The van der Waals surface area contributed by atoms with Gasteiger partial charge in [0.25, 0.3) is 11.8 Å². The molecule has 4 amide bonds. The molecule has 1 heterocycles. The lowest BCUT2D eigenvalue weighted by Crippen LogP contribution is -2.53. The van der Waals surface area contributed by atoms with E-state index in [1.54, 1.807) is 91.8 Å². The van der Waals surface area contributed by atoms with E-state index in [0.717, 1.165) is 9.91 Å². The number of hydrogen-bond acceptors (Lipinski definition) is 6. The van der Waals surface area contributed by atoms with Gasteiger partial charge in [0.2, 0.25) is 0 Å². The minimum absolute atomic E-state index is 0.359. The average molecular weight is 460 g/mol. The van der Waals surface area contributed by atoms with Gasteiger partial charge < -0.3 is 9.47 Å². The molecular weight excluding hydrogens is 426 g/mol. The molecule has 2 rings (SSSR count). The van der Waals surface area contributed by atoms with Crippen LogP contribution in [0.15, 0.2) is 36.4 Å². The van der Waals surface area contributed by atoms with E-state index in [-0.39, 0.29) is 11.8 Å². The van der Waals surface area contributed by atoms with Crippen LogP contribution in [0.3, 0.4) is 0 Å². The molecule has 0 radical (unpaired) electrons. The van der Waals surface area contributed by atoms with E-state index < -0.39 is 35.5 Å². The minimum atomic E-state index is -0.818. The summed E-state index contributed by atoms with van der Waals surface area (Å²) in [6.07, 6.45) is 1.64. The van der Waals surface area contributed by atoms with Crippen LogP contribution in [0.4, 0.5) is 9.59 Å². The Morgan fingerprint density at radius 2 is 1.39 bits per heavy atom. The summed E-state index contributed by atoms with van der Waals surface area (Å²) < 4.78 is 10.6. The van der Waals surface area contributed by atoms with Crippen LogP contribution in [-0.2, 0) is 9.47 Å². The van der Waals surface area contributed by atoms with Crippen LogP contribution in [0.1, 0.15) is 76.1 Å². The second kappa shape index (κ2) is 9.64. The molecular formula is C24H33N3O6. The van der Waals surface area contributed by atoms with Crippen molar-refractivity contribution >= 4 is 24.0 Å². The number of benzene rings is 1. The molecule has 0 aromatic heterocycles. The van der Waals surface area contributed by atoms with Crippen molar-refractivity contribution in [2.24, 2.45) is 0 Å². The molecule has 1 aromatic rings. The number of nitrogens with zero attached hydrogens (tertiary/aromatic N) is 2. The highest BCUT2D eigenvalue weighted by Crippen LogP contribution is 2.25. The van der Waals surface area contributed by atoms with Gasteiger partial charge in [-0.25, -0.2) is 20.0 Å². The lowest BCUT2D eigenvalue weighted by Gasteiger charge is -2.31. The first kappa shape index (κ1) is 25.9. The molecule has 33 heavy (non-hydrogen) atoms. The SMILES string of the molecule is CC(/C=C\C(C)N1C(=O)c2ccccc2C1=O)N(NC(=O)OC(C)(C)C)C(=O)OC(C)(C)C. The van der Waals surface area contributed by atoms with Crippen molar-refractivity contribution in [1.82, 2.24) is 15.3 Å². The monoisotopic (exact) mass is 459 g/mol. The van der Waals surface area contributed by atoms with Gasteiger partial charge in [-0.1, -0.05) is 24.3 Å². The lowest BCUT2D eigenvalue weighted by atomic mass is 10.1. The summed E-state index contributed by atoms with van der Waals surface area (Å²) in [4.78, 5) is 51.6. The van der Waals surface area contributed by atoms with Crippen LogP contribution in [0, 0.1) is 0 Å². The zero-order chi connectivity index (χ0) is 25.1. The van der Waals surface area contributed by atoms with Crippen molar-refractivity contribution in [2.75, 3.05) is 0 Å². The molecule has 0 saturated heterocycles. The van der Waals surface area contributed by atoms with Crippen LogP contribution >= 0.6 is 0 Å². The number of carbonyl (C=O) groups excluding carboxylic acids is 4. The van der Waals surface area contributed by atoms with E-state index >= 15 is 0 Å². The highest BCUT2D eigenvalue weighted by molar-refractivity contribution is 6.21.